The fraction of sp³-hybridized carbons (Fsp3) is 0.286. The van der Waals surface area contributed by atoms with E-state index in [9.17, 15) is 9.18 Å². The highest BCUT2D eigenvalue weighted by atomic mass is 32.2. The highest BCUT2D eigenvalue weighted by Gasteiger charge is 2.19. The van der Waals surface area contributed by atoms with E-state index in [0.717, 1.165) is 23.9 Å². The first-order chi connectivity index (χ1) is 13.6. The number of benzene rings is 2. The van der Waals surface area contributed by atoms with Crippen molar-refractivity contribution < 1.29 is 4.39 Å². The molecule has 0 aliphatic carbocycles. The number of aryl methyl sites for hydroxylation is 1. The minimum atomic E-state index is -0.250. The number of para-hydroxylation sites is 1. The Labute approximate surface area is 166 Å². The van der Waals surface area contributed by atoms with Crippen LogP contribution in [0.2, 0.25) is 0 Å². The molecule has 0 N–H and O–H groups in total. The monoisotopic (exact) mass is 396 g/mol. The number of hydrogen-bond donors (Lipinski definition) is 0. The van der Waals surface area contributed by atoms with Crippen LogP contribution in [0.5, 0.6) is 0 Å². The van der Waals surface area contributed by atoms with Gasteiger partial charge in [0, 0.05) is 11.8 Å². The summed E-state index contributed by atoms with van der Waals surface area (Å²) in [5, 5.41) is 10.1. The molecule has 1 atom stereocenters. The molecule has 0 amide bonds. The van der Waals surface area contributed by atoms with Crippen molar-refractivity contribution in [1.82, 2.24) is 19.2 Å². The average Bonchev–Trinajstić information content (AvgIpc) is 3.12. The number of rotatable bonds is 6. The zero-order valence-electron chi connectivity index (χ0n) is 15.8. The minimum absolute atomic E-state index is 0.0351. The molecule has 144 valence electrons. The summed E-state index contributed by atoms with van der Waals surface area (Å²) in [6.07, 6.45) is 1.89. The van der Waals surface area contributed by atoms with Gasteiger partial charge in [-0.1, -0.05) is 49.4 Å². The molecular weight excluding hydrogens is 375 g/mol. The highest BCUT2D eigenvalue weighted by Crippen LogP contribution is 2.34. The number of aromatic nitrogens is 4. The molecule has 2 heterocycles. The molecule has 4 rings (SSSR count). The summed E-state index contributed by atoms with van der Waals surface area (Å²) in [6, 6.07) is 14.0. The molecule has 0 aliphatic heterocycles. The fourth-order valence-corrected chi connectivity index (χ4v) is 4.27. The van der Waals surface area contributed by atoms with Gasteiger partial charge in [0.05, 0.1) is 10.9 Å². The number of fused-ring (bicyclic) bond motifs is 3. The van der Waals surface area contributed by atoms with Crippen molar-refractivity contribution in [1.29, 1.82) is 0 Å². The van der Waals surface area contributed by atoms with Crippen LogP contribution in [0.25, 0.3) is 16.7 Å². The number of unbranched alkanes of at least 4 members (excludes halogenated alkanes) is 1. The Morgan fingerprint density at radius 1 is 1.11 bits per heavy atom. The molecule has 2 aromatic heterocycles. The lowest BCUT2D eigenvalue weighted by atomic mass is 10.2. The van der Waals surface area contributed by atoms with Crippen molar-refractivity contribution in [2.45, 2.75) is 43.6 Å². The van der Waals surface area contributed by atoms with Gasteiger partial charge in [-0.15, -0.1) is 10.2 Å². The molecule has 5 nitrogen and oxygen atoms in total. The van der Waals surface area contributed by atoms with Gasteiger partial charge < -0.3 is 0 Å². The summed E-state index contributed by atoms with van der Waals surface area (Å²) < 4.78 is 16.9. The van der Waals surface area contributed by atoms with Crippen molar-refractivity contribution in [2.24, 2.45) is 0 Å². The molecule has 0 spiro atoms. The fourth-order valence-electron chi connectivity index (χ4n) is 3.29. The molecule has 0 fully saturated rings. The van der Waals surface area contributed by atoms with Crippen LogP contribution in [0.3, 0.4) is 0 Å². The lowest BCUT2D eigenvalue weighted by molar-refractivity contribution is 0.620. The van der Waals surface area contributed by atoms with Gasteiger partial charge in [-0.2, -0.15) is 0 Å². The van der Waals surface area contributed by atoms with Crippen LogP contribution in [0.4, 0.5) is 4.39 Å². The Kier molecular flexibility index (Phi) is 5.17. The van der Waals surface area contributed by atoms with Crippen LogP contribution < -0.4 is 5.56 Å². The summed E-state index contributed by atoms with van der Waals surface area (Å²) in [5.41, 5.74) is 1.77. The van der Waals surface area contributed by atoms with E-state index in [-0.39, 0.29) is 16.6 Å². The maximum Gasteiger partial charge on any atom is 0.262 e. The van der Waals surface area contributed by atoms with Gasteiger partial charge >= 0.3 is 0 Å². The molecule has 28 heavy (non-hydrogen) atoms. The van der Waals surface area contributed by atoms with Crippen molar-refractivity contribution in [3.05, 3.63) is 70.3 Å². The maximum atomic E-state index is 13.2. The summed E-state index contributed by atoms with van der Waals surface area (Å²) in [4.78, 5) is 13.0. The molecule has 0 unspecified atom stereocenters. The van der Waals surface area contributed by atoms with Crippen LogP contribution in [-0.2, 0) is 6.54 Å². The first-order valence-electron chi connectivity index (χ1n) is 9.39. The Balaban J connectivity index is 1.85. The van der Waals surface area contributed by atoms with E-state index in [1.165, 1.54) is 12.1 Å². The Hall–Kier alpha value is -2.67. The van der Waals surface area contributed by atoms with Gasteiger partial charge in [0.15, 0.2) is 5.16 Å². The van der Waals surface area contributed by atoms with E-state index in [1.54, 1.807) is 28.5 Å². The summed E-state index contributed by atoms with van der Waals surface area (Å²) in [7, 11) is 0. The van der Waals surface area contributed by atoms with Crippen molar-refractivity contribution in [3.8, 4) is 0 Å². The van der Waals surface area contributed by atoms with Crippen molar-refractivity contribution in [2.75, 3.05) is 0 Å². The van der Waals surface area contributed by atoms with Crippen LogP contribution in [-0.4, -0.2) is 19.2 Å². The predicted molar refractivity (Wildman–Crippen MR) is 110 cm³/mol. The summed E-state index contributed by atoms with van der Waals surface area (Å²) >= 11 is 1.54. The van der Waals surface area contributed by atoms with E-state index in [4.69, 9.17) is 0 Å². The van der Waals surface area contributed by atoms with E-state index < -0.39 is 0 Å². The van der Waals surface area contributed by atoms with Gasteiger partial charge in [0.1, 0.15) is 5.82 Å². The van der Waals surface area contributed by atoms with Crippen LogP contribution in [0.15, 0.2) is 58.5 Å². The average molecular weight is 396 g/mol. The van der Waals surface area contributed by atoms with Gasteiger partial charge in [0.2, 0.25) is 5.78 Å². The predicted octanol–water partition coefficient (Wildman–Crippen LogP) is 4.84. The smallest absolute Gasteiger partial charge is 0.262 e. The number of hydrogen-bond acceptors (Lipinski definition) is 4. The third kappa shape index (κ3) is 3.30. The van der Waals surface area contributed by atoms with E-state index in [0.29, 0.717) is 22.9 Å². The maximum absolute atomic E-state index is 13.2. The number of halogens is 1. The molecular formula is C21H21FN4OS. The van der Waals surface area contributed by atoms with Crippen molar-refractivity contribution >= 4 is 28.4 Å². The molecule has 0 bridgehead atoms. The largest absolute Gasteiger partial charge is 0.276 e. The lowest BCUT2D eigenvalue weighted by Crippen LogP contribution is -2.23. The second kappa shape index (κ2) is 7.75. The van der Waals surface area contributed by atoms with E-state index in [1.807, 2.05) is 35.6 Å². The normalized spacial score (nSPS) is 12.7. The van der Waals surface area contributed by atoms with Crippen molar-refractivity contribution in [3.63, 3.8) is 0 Å². The Morgan fingerprint density at radius 2 is 1.86 bits per heavy atom. The summed E-state index contributed by atoms with van der Waals surface area (Å²) in [6.45, 7) is 4.76. The molecule has 7 heteroatoms. The SMILES string of the molecule is CCCCn1c(=O)c2ccccc2n2c(S[C@@H](C)c3ccc(F)cc3)nnc12. The molecule has 0 aliphatic rings. The standard InChI is InChI=1S/C21H21FN4OS/c1-3-4-13-25-19(27)17-7-5-6-8-18(17)26-20(25)23-24-21(26)28-14(2)15-9-11-16(22)12-10-15/h5-12,14H,3-4,13H2,1-2H3/t14-/m0/s1. The third-order valence-electron chi connectivity index (χ3n) is 4.84. The Morgan fingerprint density at radius 3 is 2.61 bits per heavy atom. The van der Waals surface area contributed by atoms with E-state index in [2.05, 4.69) is 17.1 Å². The molecule has 4 aromatic rings. The molecule has 0 saturated heterocycles. The third-order valence-corrected chi connectivity index (χ3v) is 5.94. The zero-order chi connectivity index (χ0) is 19.7. The molecule has 2 aromatic carbocycles. The first-order valence-corrected chi connectivity index (χ1v) is 10.3. The zero-order valence-corrected chi connectivity index (χ0v) is 16.6. The number of nitrogens with zero attached hydrogens (tertiary/aromatic N) is 4. The molecule has 0 radical (unpaired) electrons. The minimum Gasteiger partial charge on any atom is -0.276 e. The second-order valence-corrected chi connectivity index (χ2v) is 8.07. The van der Waals surface area contributed by atoms with Crippen LogP contribution in [0.1, 0.15) is 37.5 Å². The lowest BCUT2D eigenvalue weighted by Gasteiger charge is -2.13. The second-order valence-electron chi connectivity index (χ2n) is 6.76. The van der Waals surface area contributed by atoms with Crippen LogP contribution in [0, 0.1) is 5.82 Å². The summed E-state index contributed by atoms with van der Waals surface area (Å²) in [5.74, 6) is 0.311. The quantitative estimate of drug-likeness (QED) is 0.438. The Bertz CT molecular complexity index is 1180. The van der Waals surface area contributed by atoms with Gasteiger partial charge in [0.25, 0.3) is 5.56 Å². The van der Waals surface area contributed by atoms with Gasteiger partial charge in [-0.3, -0.25) is 13.8 Å². The number of thioether (sulfide) groups is 1. The molecule has 0 saturated carbocycles. The topological polar surface area (TPSA) is 52.2 Å². The first kappa shape index (κ1) is 18.7. The highest BCUT2D eigenvalue weighted by molar-refractivity contribution is 7.99. The van der Waals surface area contributed by atoms with Gasteiger partial charge in [-0.05, 0) is 43.2 Å². The van der Waals surface area contributed by atoms with E-state index >= 15 is 0 Å². The van der Waals surface area contributed by atoms with Gasteiger partial charge in [-0.25, -0.2) is 4.39 Å². The van der Waals surface area contributed by atoms with Crippen LogP contribution >= 0.6 is 11.8 Å².